The topological polar surface area (TPSA) is 45.2 Å². The van der Waals surface area contributed by atoms with Crippen LogP contribution < -0.4 is 5.32 Å². The fourth-order valence-corrected chi connectivity index (χ4v) is 1.72. The van der Waals surface area contributed by atoms with Gasteiger partial charge >= 0.3 is 6.18 Å². The molecule has 0 bridgehead atoms. The van der Waals surface area contributed by atoms with Crippen molar-refractivity contribution in [2.24, 2.45) is 0 Å². The maximum Gasteiger partial charge on any atom is 0.406 e. The van der Waals surface area contributed by atoms with Gasteiger partial charge in [0.15, 0.2) is 0 Å². The summed E-state index contributed by atoms with van der Waals surface area (Å²) in [4.78, 5) is 17.1. The van der Waals surface area contributed by atoms with Gasteiger partial charge in [0.25, 0.3) is 5.91 Å². The van der Waals surface area contributed by atoms with E-state index in [0.717, 1.165) is 4.90 Å². The van der Waals surface area contributed by atoms with Gasteiger partial charge in [0.05, 0.1) is 5.56 Å². The normalized spacial score (nSPS) is 11.6. The average molecular weight is 289 g/mol. The minimum Gasteiger partial charge on any atom is -0.370 e. The van der Waals surface area contributed by atoms with Crippen LogP contribution in [0.4, 0.5) is 19.0 Å². The molecular weight excluding hydrogens is 271 g/mol. The van der Waals surface area contributed by atoms with E-state index in [1.807, 2.05) is 6.92 Å². The van der Waals surface area contributed by atoms with Crippen molar-refractivity contribution < 1.29 is 18.0 Å². The highest BCUT2D eigenvalue weighted by Crippen LogP contribution is 2.22. The molecule has 0 radical (unpaired) electrons. The van der Waals surface area contributed by atoms with Crippen LogP contribution in [0, 0.1) is 0 Å². The minimum absolute atomic E-state index is 0.146. The number of nitrogens with one attached hydrogen (secondary N) is 1. The average Bonchev–Trinajstić information content (AvgIpc) is 2.35. The zero-order chi connectivity index (χ0) is 15.3. The fraction of sp³-hybridized carbons (Fsp3) is 0.538. The number of halogens is 3. The molecule has 0 aromatic carbocycles. The number of pyridine rings is 1. The molecule has 0 atom stereocenters. The molecule has 4 nitrogen and oxygen atoms in total. The van der Waals surface area contributed by atoms with Crippen molar-refractivity contribution in [1.29, 1.82) is 0 Å². The molecule has 0 aliphatic rings. The summed E-state index contributed by atoms with van der Waals surface area (Å²) in [6, 6.07) is 2.44. The van der Waals surface area contributed by atoms with Crippen LogP contribution >= 0.6 is 0 Å². The molecule has 7 heteroatoms. The lowest BCUT2D eigenvalue weighted by atomic mass is 10.2. The first-order chi connectivity index (χ1) is 9.26. The zero-order valence-corrected chi connectivity index (χ0v) is 11.7. The van der Waals surface area contributed by atoms with Gasteiger partial charge in [-0.05, 0) is 32.9 Å². The summed E-state index contributed by atoms with van der Waals surface area (Å²) in [7, 11) is 0. The number of anilines is 1. The highest BCUT2D eigenvalue weighted by Gasteiger charge is 2.35. The van der Waals surface area contributed by atoms with Gasteiger partial charge in [-0.2, -0.15) is 13.2 Å². The Morgan fingerprint density at radius 1 is 1.45 bits per heavy atom. The number of carbonyl (C=O) groups excluding carboxylic acids is 1. The molecule has 1 aromatic rings. The lowest BCUT2D eigenvalue weighted by Gasteiger charge is -2.28. The quantitative estimate of drug-likeness (QED) is 0.906. The molecule has 0 aliphatic heterocycles. The van der Waals surface area contributed by atoms with Gasteiger partial charge in [0.2, 0.25) is 0 Å². The molecule has 20 heavy (non-hydrogen) atoms. The smallest absolute Gasteiger partial charge is 0.370 e. The Balaban J connectivity index is 3.07. The van der Waals surface area contributed by atoms with E-state index in [1.165, 1.54) is 18.3 Å². The number of amides is 1. The molecule has 1 amide bonds. The van der Waals surface area contributed by atoms with Gasteiger partial charge in [0, 0.05) is 18.8 Å². The Morgan fingerprint density at radius 3 is 2.60 bits per heavy atom. The lowest BCUT2D eigenvalue weighted by Crippen LogP contribution is -2.43. The van der Waals surface area contributed by atoms with Crippen LogP contribution in [0.3, 0.4) is 0 Å². The Morgan fingerprint density at radius 2 is 2.10 bits per heavy atom. The maximum atomic E-state index is 12.6. The molecule has 1 rings (SSSR count). The molecule has 112 valence electrons. The predicted octanol–water partition coefficient (Wildman–Crippen LogP) is 2.93. The van der Waals surface area contributed by atoms with Crippen molar-refractivity contribution in [2.75, 3.05) is 18.4 Å². The Bertz CT molecular complexity index is 460. The second-order valence-electron chi connectivity index (χ2n) is 4.57. The summed E-state index contributed by atoms with van der Waals surface area (Å²) >= 11 is 0. The second kappa shape index (κ2) is 6.58. The van der Waals surface area contributed by atoms with Crippen LogP contribution in [0.2, 0.25) is 0 Å². The largest absolute Gasteiger partial charge is 0.406 e. The molecule has 1 N–H and O–H groups in total. The van der Waals surface area contributed by atoms with Crippen molar-refractivity contribution in [2.45, 2.75) is 33.0 Å². The molecule has 0 saturated heterocycles. The first-order valence-corrected chi connectivity index (χ1v) is 6.33. The van der Waals surface area contributed by atoms with E-state index in [1.54, 1.807) is 13.8 Å². The lowest BCUT2D eigenvalue weighted by molar-refractivity contribution is -0.143. The van der Waals surface area contributed by atoms with Crippen molar-refractivity contribution in [3.05, 3.63) is 23.9 Å². The van der Waals surface area contributed by atoms with E-state index < -0.39 is 24.7 Å². The maximum absolute atomic E-state index is 12.6. The summed E-state index contributed by atoms with van der Waals surface area (Å²) < 4.78 is 37.7. The van der Waals surface area contributed by atoms with Gasteiger partial charge in [0.1, 0.15) is 12.4 Å². The predicted molar refractivity (Wildman–Crippen MR) is 70.6 cm³/mol. The Hall–Kier alpha value is -1.79. The molecule has 0 unspecified atom stereocenters. The van der Waals surface area contributed by atoms with Crippen LogP contribution in [-0.4, -0.2) is 41.1 Å². The third-order valence-electron chi connectivity index (χ3n) is 2.62. The highest BCUT2D eigenvalue weighted by molar-refractivity contribution is 5.98. The van der Waals surface area contributed by atoms with E-state index in [9.17, 15) is 18.0 Å². The monoisotopic (exact) mass is 289 g/mol. The van der Waals surface area contributed by atoms with E-state index in [4.69, 9.17) is 0 Å². The van der Waals surface area contributed by atoms with Crippen molar-refractivity contribution in [3.63, 3.8) is 0 Å². The number of nitrogens with zero attached hydrogens (tertiary/aromatic N) is 2. The van der Waals surface area contributed by atoms with Crippen LogP contribution in [-0.2, 0) is 0 Å². The number of alkyl halides is 3. The molecule has 0 fully saturated rings. The first-order valence-electron chi connectivity index (χ1n) is 6.33. The van der Waals surface area contributed by atoms with Crippen molar-refractivity contribution >= 4 is 11.7 Å². The van der Waals surface area contributed by atoms with Crippen LogP contribution in [0.15, 0.2) is 18.3 Å². The van der Waals surface area contributed by atoms with Crippen LogP contribution in [0.5, 0.6) is 0 Å². The first kappa shape index (κ1) is 16.3. The second-order valence-corrected chi connectivity index (χ2v) is 4.57. The molecule has 1 heterocycles. The standard InChI is InChI=1S/C13H18F3N3O/c1-4-17-11-10(6-5-7-18-11)12(20)19(9(2)3)8-13(14,15)16/h5-7,9H,4,8H2,1-3H3,(H,17,18). The van der Waals surface area contributed by atoms with Gasteiger partial charge in [-0.15, -0.1) is 0 Å². The van der Waals surface area contributed by atoms with E-state index >= 15 is 0 Å². The van der Waals surface area contributed by atoms with Crippen molar-refractivity contribution in [1.82, 2.24) is 9.88 Å². The van der Waals surface area contributed by atoms with Gasteiger partial charge in [-0.25, -0.2) is 4.98 Å². The van der Waals surface area contributed by atoms with Gasteiger partial charge in [-0.1, -0.05) is 0 Å². The van der Waals surface area contributed by atoms with Crippen LogP contribution in [0.1, 0.15) is 31.1 Å². The molecular formula is C13H18F3N3O. The number of aromatic nitrogens is 1. The van der Waals surface area contributed by atoms with E-state index in [0.29, 0.717) is 12.4 Å². The number of hydrogen-bond donors (Lipinski definition) is 1. The van der Waals surface area contributed by atoms with Crippen molar-refractivity contribution in [3.8, 4) is 0 Å². The van der Waals surface area contributed by atoms with E-state index in [2.05, 4.69) is 10.3 Å². The third kappa shape index (κ3) is 4.40. The highest BCUT2D eigenvalue weighted by atomic mass is 19.4. The third-order valence-corrected chi connectivity index (χ3v) is 2.62. The van der Waals surface area contributed by atoms with E-state index in [-0.39, 0.29) is 5.56 Å². The van der Waals surface area contributed by atoms with Gasteiger partial charge in [-0.3, -0.25) is 4.79 Å². The SMILES string of the molecule is CCNc1ncccc1C(=O)N(CC(F)(F)F)C(C)C. The fourth-order valence-electron chi connectivity index (χ4n) is 1.72. The summed E-state index contributed by atoms with van der Waals surface area (Å²) in [6.07, 6.45) is -2.95. The summed E-state index contributed by atoms with van der Waals surface area (Å²) in [5.74, 6) is -0.380. The summed E-state index contributed by atoms with van der Waals surface area (Å²) in [5.41, 5.74) is 0.146. The Labute approximate surface area is 116 Å². The minimum atomic E-state index is -4.43. The molecule has 0 spiro atoms. The summed E-state index contributed by atoms with van der Waals surface area (Å²) in [5, 5.41) is 2.87. The Kier molecular flexibility index (Phi) is 5.35. The molecule has 0 aliphatic carbocycles. The van der Waals surface area contributed by atoms with Gasteiger partial charge < -0.3 is 10.2 Å². The summed E-state index contributed by atoms with van der Waals surface area (Å²) in [6.45, 7) is 4.17. The molecule has 0 saturated carbocycles. The molecule has 1 aromatic heterocycles. The number of rotatable bonds is 5. The number of hydrogen-bond acceptors (Lipinski definition) is 3. The van der Waals surface area contributed by atoms with Crippen LogP contribution in [0.25, 0.3) is 0 Å². The number of carbonyl (C=O) groups is 1. The zero-order valence-electron chi connectivity index (χ0n) is 11.7.